The van der Waals surface area contributed by atoms with Crippen LogP contribution in [0.3, 0.4) is 0 Å². The monoisotopic (exact) mass is 243 g/mol. The van der Waals surface area contributed by atoms with Crippen molar-refractivity contribution in [2.45, 2.75) is 0 Å². The van der Waals surface area contributed by atoms with E-state index in [0.717, 1.165) is 5.56 Å². The summed E-state index contributed by atoms with van der Waals surface area (Å²) < 4.78 is 0. The molecule has 0 amide bonds. The molecule has 1 heterocycles. The van der Waals surface area contributed by atoms with Crippen molar-refractivity contribution >= 4 is 17.9 Å². The maximum absolute atomic E-state index is 10.5. The molecule has 0 aliphatic heterocycles. The predicted octanol–water partition coefficient (Wildman–Crippen LogP) is 1.83. The third-order valence-corrected chi connectivity index (χ3v) is 2.05. The Kier molecular flexibility index (Phi) is 3.55. The van der Waals surface area contributed by atoms with Gasteiger partial charge >= 0.3 is 0 Å². The number of aromatic nitrogens is 2. The Hall–Kier alpha value is -2.83. The topological polar surface area (TPSA) is 93.3 Å². The molecule has 0 saturated carbocycles. The minimum Gasteiger partial charge on any atom is -0.258 e. The van der Waals surface area contributed by atoms with E-state index < -0.39 is 4.92 Å². The van der Waals surface area contributed by atoms with Crippen LogP contribution < -0.4 is 5.43 Å². The van der Waals surface area contributed by atoms with Crippen LogP contribution in [0.4, 0.5) is 11.6 Å². The fourth-order valence-electron chi connectivity index (χ4n) is 1.20. The molecular formula is C11H9N5O2. The molecule has 1 aromatic carbocycles. The van der Waals surface area contributed by atoms with Crippen molar-refractivity contribution in [2.75, 3.05) is 5.43 Å². The van der Waals surface area contributed by atoms with Crippen molar-refractivity contribution in [3.05, 3.63) is 58.4 Å². The molecule has 18 heavy (non-hydrogen) atoms. The van der Waals surface area contributed by atoms with Crippen molar-refractivity contribution in [3.8, 4) is 0 Å². The molecule has 2 aromatic rings. The van der Waals surface area contributed by atoms with Gasteiger partial charge in [-0.15, -0.1) is 0 Å². The fraction of sp³-hybridized carbons (Fsp3) is 0. The number of nitro groups is 1. The number of hydrogen-bond donors (Lipinski definition) is 1. The number of nitrogens with zero attached hydrogens (tertiary/aromatic N) is 4. The highest BCUT2D eigenvalue weighted by Gasteiger charge is 2.02. The first kappa shape index (κ1) is 11.6. The van der Waals surface area contributed by atoms with Crippen molar-refractivity contribution in [2.24, 2.45) is 5.10 Å². The first-order chi connectivity index (χ1) is 8.75. The number of benzene rings is 1. The van der Waals surface area contributed by atoms with Crippen LogP contribution in [0.15, 0.2) is 47.8 Å². The lowest BCUT2D eigenvalue weighted by atomic mass is 10.2. The summed E-state index contributed by atoms with van der Waals surface area (Å²) in [5, 5.41) is 14.4. The Morgan fingerprint density at radius 2 is 1.89 bits per heavy atom. The number of rotatable bonds is 4. The van der Waals surface area contributed by atoms with Gasteiger partial charge in [0.1, 0.15) is 0 Å². The van der Waals surface area contributed by atoms with E-state index in [1.807, 2.05) is 0 Å². The largest absolute Gasteiger partial charge is 0.269 e. The molecule has 0 aliphatic carbocycles. The summed E-state index contributed by atoms with van der Waals surface area (Å²) in [6, 6.07) is 7.75. The number of non-ortho nitro benzene ring substituents is 1. The van der Waals surface area contributed by atoms with E-state index >= 15 is 0 Å². The summed E-state index contributed by atoms with van der Waals surface area (Å²) in [6.45, 7) is 0. The summed E-state index contributed by atoms with van der Waals surface area (Å²) in [4.78, 5) is 17.9. The lowest BCUT2D eigenvalue weighted by molar-refractivity contribution is -0.384. The van der Waals surface area contributed by atoms with Gasteiger partial charge in [-0.3, -0.25) is 10.1 Å². The maximum Gasteiger partial charge on any atom is 0.269 e. The highest BCUT2D eigenvalue weighted by molar-refractivity contribution is 5.80. The van der Waals surface area contributed by atoms with Crippen molar-refractivity contribution in [3.63, 3.8) is 0 Å². The quantitative estimate of drug-likeness (QED) is 0.502. The smallest absolute Gasteiger partial charge is 0.258 e. The zero-order valence-electron chi connectivity index (χ0n) is 9.22. The predicted molar refractivity (Wildman–Crippen MR) is 66.3 cm³/mol. The van der Waals surface area contributed by atoms with Gasteiger partial charge in [0.2, 0.25) is 5.95 Å². The third kappa shape index (κ3) is 3.08. The normalized spacial score (nSPS) is 10.4. The molecule has 0 fully saturated rings. The molecule has 1 N–H and O–H groups in total. The minimum atomic E-state index is -0.447. The van der Waals surface area contributed by atoms with E-state index in [1.165, 1.54) is 18.3 Å². The number of anilines is 1. The Morgan fingerprint density at radius 1 is 1.22 bits per heavy atom. The summed E-state index contributed by atoms with van der Waals surface area (Å²) in [5.41, 5.74) is 3.43. The van der Waals surface area contributed by atoms with Gasteiger partial charge in [-0.25, -0.2) is 15.4 Å². The van der Waals surface area contributed by atoms with E-state index in [2.05, 4.69) is 20.5 Å². The Labute approximate surface area is 102 Å². The number of hydrogen-bond acceptors (Lipinski definition) is 6. The van der Waals surface area contributed by atoms with Crippen LogP contribution in [0.25, 0.3) is 0 Å². The lowest BCUT2D eigenvalue weighted by Crippen LogP contribution is -1.95. The Bertz CT molecular complexity index is 553. The molecular weight excluding hydrogens is 234 g/mol. The van der Waals surface area contributed by atoms with Gasteiger partial charge in [-0.1, -0.05) is 0 Å². The number of nitro benzene ring substituents is 1. The molecule has 0 bridgehead atoms. The van der Waals surface area contributed by atoms with Crippen molar-refractivity contribution in [1.82, 2.24) is 9.97 Å². The van der Waals surface area contributed by atoms with Crippen LogP contribution in [-0.2, 0) is 0 Å². The highest BCUT2D eigenvalue weighted by Crippen LogP contribution is 2.10. The molecule has 0 spiro atoms. The van der Waals surface area contributed by atoms with Gasteiger partial charge in [0.05, 0.1) is 11.1 Å². The zero-order valence-corrected chi connectivity index (χ0v) is 9.22. The van der Waals surface area contributed by atoms with Gasteiger partial charge < -0.3 is 0 Å². The molecule has 0 unspecified atom stereocenters. The van der Waals surface area contributed by atoms with E-state index in [4.69, 9.17) is 0 Å². The first-order valence-corrected chi connectivity index (χ1v) is 5.06. The van der Waals surface area contributed by atoms with Crippen molar-refractivity contribution in [1.29, 1.82) is 0 Å². The van der Waals surface area contributed by atoms with Crippen LogP contribution in [0.5, 0.6) is 0 Å². The van der Waals surface area contributed by atoms with Crippen LogP contribution in [-0.4, -0.2) is 21.1 Å². The lowest BCUT2D eigenvalue weighted by Gasteiger charge is -1.96. The van der Waals surface area contributed by atoms with Crippen LogP contribution in [0.2, 0.25) is 0 Å². The standard InChI is InChI=1S/C11H9N5O2/c17-16(18)10-4-2-9(3-5-10)8-14-15-11-12-6-1-7-13-11/h1-8H,(H,12,13,15). The molecule has 7 nitrogen and oxygen atoms in total. The summed E-state index contributed by atoms with van der Waals surface area (Å²) in [6.07, 6.45) is 4.72. The minimum absolute atomic E-state index is 0.0477. The second kappa shape index (κ2) is 5.48. The third-order valence-electron chi connectivity index (χ3n) is 2.05. The molecule has 7 heteroatoms. The molecule has 1 aromatic heterocycles. The molecule has 0 radical (unpaired) electrons. The molecule has 0 saturated heterocycles. The van der Waals surface area contributed by atoms with E-state index in [0.29, 0.717) is 5.95 Å². The maximum atomic E-state index is 10.5. The van der Waals surface area contributed by atoms with Crippen molar-refractivity contribution < 1.29 is 4.92 Å². The van der Waals surface area contributed by atoms with E-state index in [1.54, 1.807) is 30.6 Å². The van der Waals surface area contributed by atoms with Crippen LogP contribution in [0.1, 0.15) is 5.56 Å². The zero-order chi connectivity index (χ0) is 12.8. The fourth-order valence-corrected chi connectivity index (χ4v) is 1.20. The second-order valence-electron chi connectivity index (χ2n) is 3.29. The van der Waals surface area contributed by atoms with Crippen LogP contribution >= 0.6 is 0 Å². The molecule has 0 atom stereocenters. The van der Waals surface area contributed by atoms with E-state index in [-0.39, 0.29) is 5.69 Å². The van der Waals surface area contributed by atoms with Crippen LogP contribution in [0, 0.1) is 10.1 Å². The molecule has 90 valence electrons. The average molecular weight is 243 g/mol. The van der Waals surface area contributed by atoms with Gasteiger partial charge in [0, 0.05) is 24.5 Å². The molecule has 0 aliphatic rings. The Morgan fingerprint density at radius 3 is 2.50 bits per heavy atom. The summed E-state index contributed by atoms with van der Waals surface area (Å²) in [5.74, 6) is 0.385. The van der Waals surface area contributed by atoms with E-state index in [9.17, 15) is 10.1 Å². The van der Waals surface area contributed by atoms with Gasteiger partial charge in [-0.05, 0) is 23.8 Å². The number of hydrazone groups is 1. The SMILES string of the molecule is O=[N+]([O-])c1ccc(C=NNc2ncccn2)cc1. The summed E-state index contributed by atoms with van der Waals surface area (Å²) in [7, 11) is 0. The second-order valence-corrected chi connectivity index (χ2v) is 3.29. The van der Waals surface area contributed by atoms with Gasteiger partial charge in [-0.2, -0.15) is 5.10 Å². The number of nitrogens with one attached hydrogen (secondary N) is 1. The van der Waals surface area contributed by atoms with Gasteiger partial charge in [0.15, 0.2) is 0 Å². The first-order valence-electron chi connectivity index (χ1n) is 5.06. The van der Waals surface area contributed by atoms with Gasteiger partial charge in [0.25, 0.3) is 5.69 Å². The Balaban J connectivity index is 1.99. The average Bonchev–Trinajstić information content (AvgIpc) is 2.40. The molecule has 2 rings (SSSR count). The highest BCUT2D eigenvalue weighted by atomic mass is 16.6. The summed E-state index contributed by atoms with van der Waals surface area (Å²) >= 11 is 0.